The zero-order valence-electron chi connectivity index (χ0n) is 10.9. The maximum absolute atomic E-state index is 3.75. The molecule has 2 aromatic rings. The van der Waals surface area contributed by atoms with Gasteiger partial charge in [0.05, 0.1) is 0 Å². The summed E-state index contributed by atoms with van der Waals surface area (Å²) in [6.07, 6.45) is 0. The van der Waals surface area contributed by atoms with E-state index in [1.54, 1.807) is 0 Å². The number of hydrogen-bond donors (Lipinski definition) is 1. The minimum absolute atomic E-state index is 0.235. The van der Waals surface area contributed by atoms with Gasteiger partial charge in [-0.1, -0.05) is 36.4 Å². The summed E-state index contributed by atoms with van der Waals surface area (Å²) in [6, 6.07) is 15.9. The lowest BCUT2D eigenvalue weighted by Crippen LogP contribution is -2.48. The van der Waals surface area contributed by atoms with Gasteiger partial charge in [-0.15, -0.1) is 0 Å². The van der Waals surface area contributed by atoms with Crippen molar-refractivity contribution in [1.29, 1.82) is 0 Å². The van der Waals surface area contributed by atoms with Gasteiger partial charge in [0.2, 0.25) is 0 Å². The van der Waals surface area contributed by atoms with Crippen LogP contribution in [-0.2, 0) is 0 Å². The maximum Gasteiger partial charge on any atom is 0.0416 e. The minimum Gasteiger partial charge on any atom is -0.303 e. The van der Waals surface area contributed by atoms with E-state index in [-0.39, 0.29) is 5.54 Å². The molecule has 1 aliphatic rings. The molecule has 0 saturated carbocycles. The van der Waals surface area contributed by atoms with Gasteiger partial charge in [-0.25, -0.2) is 0 Å². The van der Waals surface area contributed by atoms with Crippen molar-refractivity contribution >= 4 is 22.5 Å². The number of benzene rings is 2. The van der Waals surface area contributed by atoms with Crippen LogP contribution < -0.4 is 5.32 Å². The molecule has 1 fully saturated rings. The highest BCUT2D eigenvalue weighted by Crippen LogP contribution is 2.30. The van der Waals surface area contributed by atoms with Crippen LogP contribution in [0.4, 0.5) is 0 Å². The third kappa shape index (κ3) is 2.40. The van der Waals surface area contributed by atoms with Gasteiger partial charge in [-0.05, 0) is 36.2 Å². The Labute approximate surface area is 113 Å². The van der Waals surface area contributed by atoms with E-state index < -0.39 is 0 Å². The van der Waals surface area contributed by atoms with Crippen LogP contribution in [0.25, 0.3) is 10.8 Å². The van der Waals surface area contributed by atoms with Gasteiger partial charge in [-0.3, -0.25) is 0 Å². The van der Waals surface area contributed by atoms with E-state index in [9.17, 15) is 0 Å². The fourth-order valence-electron chi connectivity index (χ4n) is 2.59. The van der Waals surface area contributed by atoms with Crippen LogP contribution in [-0.4, -0.2) is 17.0 Å². The smallest absolute Gasteiger partial charge is 0.0416 e. The predicted molar refractivity (Wildman–Crippen MR) is 81.2 cm³/mol. The number of thioether (sulfide) groups is 1. The number of hydrogen-bond acceptors (Lipinski definition) is 2. The molecule has 94 valence electrons. The van der Waals surface area contributed by atoms with Crippen molar-refractivity contribution in [2.45, 2.75) is 25.4 Å². The van der Waals surface area contributed by atoms with Gasteiger partial charge in [0.25, 0.3) is 0 Å². The van der Waals surface area contributed by atoms with Gasteiger partial charge in [0, 0.05) is 23.1 Å². The fraction of sp³-hybridized carbons (Fsp3) is 0.375. The number of rotatable bonds is 1. The third-order valence-electron chi connectivity index (χ3n) is 3.49. The molecule has 1 saturated heterocycles. The first-order valence-electron chi connectivity index (χ1n) is 6.48. The minimum atomic E-state index is 0.235. The van der Waals surface area contributed by atoms with Gasteiger partial charge in [0.1, 0.15) is 0 Å². The van der Waals surface area contributed by atoms with Gasteiger partial charge < -0.3 is 5.32 Å². The van der Waals surface area contributed by atoms with Crippen LogP contribution in [0.2, 0.25) is 0 Å². The molecule has 1 unspecified atom stereocenters. The van der Waals surface area contributed by atoms with Crippen LogP contribution in [0.5, 0.6) is 0 Å². The Balaban J connectivity index is 1.94. The molecule has 0 aromatic heterocycles. The van der Waals surface area contributed by atoms with E-state index in [2.05, 4.69) is 61.6 Å². The van der Waals surface area contributed by atoms with E-state index in [0.29, 0.717) is 6.04 Å². The lowest BCUT2D eigenvalue weighted by molar-refractivity contribution is 0.376. The normalized spacial score (nSPS) is 23.1. The average Bonchev–Trinajstić information content (AvgIpc) is 2.37. The quantitative estimate of drug-likeness (QED) is 0.829. The average molecular weight is 257 g/mol. The van der Waals surface area contributed by atoms with Gasteiger partial charge in [-0.2, -0.15) is 11.8 Å². The zero-order chi connectivity index (χ0) is 12.6. The van der Waals surface area contributed by atoms with E-state index in [1.807, 2.05) is 11.8 Å². The van der Waals surface area contributed by atoms with E-state index in [0.717, 1.165) is 0 Å². The van der Waals surface area contributed by atoms with E-state index in [1.165, 1.54) is 27.8 Å². The molecule has 1 aliphatic heterocycles. The predicted octanol–water partition coefficient (Wildman–Crippen LogP) is 4.00. The molecule has 0 bridgehead atoms. The van der Waals surface area contributed by atoms with Crippen LogP contribution in [0.15, 0.2) is 42.5 Å². The topological polar surface area (TPSA) is 12.0 Å². The molecule has 0 aliphatic carbocycles. The Morgan fingerprint density at radius 1 is 1.11 bits per heavy atom. The van der Waals surface area contributed by atoms with Crippen molar-refractivity contribution in [1.82, 2.24) is 5.32 Å². The third-order valence-corrected chi connectivity index (χ3v) is 4.98. The Kier molecular flexibility index (Phi) is 3.08. The highest BCUT2D eigenvalue weighted by molar-refractivity contribution is 7.99. The lowest BCUT2D eigenvalue weighted by atomic mass is 9.99. The summed E-state index contributed by atoms with van der Waals surface area (Å²) in [7, 11) is 0. The standard InChI is InChI=1S/C16H19NS/c1-16(2)11-18-10-15(17-16)14-8-7-12-5-3-4-6-13(12)9-14/h3-9,15,17H,10-11H2,1-2H3. The first-order chi connectivity index (χ1) is 8.64. The zero-order valence-corrected chi connectivity index (χ0v) is 11.8. The second-order valence-corrected chi connectivity index (χ2v) is 6.73. The highest BCUT2D eigenvalue weighted by atomic mass is 32.2. The lowest BCUT2D eigenvalue weighted by Gasteiger charge is -2.37. The first-order valence-corrected chi connectivity index (χ1v) is 7.64. The molecule has 2 aromatic carbocycles. The molecule has 1 N–H and O–H groups in total. The van der Waals surface area contributed by atoms with Crippen molar-refractivity contribution in [3.05, 3.63) is 48.0 Å². The first kappa shape index (κ1) is 12.1. The second-order valence-electron chi connectivity index (χ2n) is 5.70. The number of nitrogens with one attached hydrogen (secondary N) is 1. The van der Waals surface area contributed by atoms with Crippen molar-refractivity contribution < 1.29 is 0 Å². The number of fused-ring (bicyclic) bond motifs is 1. The van der Waals surface area contributed by atoms with Crippen molar-refractivity contribution in [2.24, 2.45) is 0 Å². The molecule has 0 spiro atoms. The summed E-state index contributed by atoms with van der Waals surface area (Å²) in [4.78, 5) is 0. The van der Waals surface area contributed by atoms with E-state index >= 15 is 0 Å². The molecule has 1 atom stereocenters. The molecule has 1 nitrogen and oxygen atoms in total. The summed E-state index contributed by atoms with van der Waals surface area (Å²) in [6.45, 7) is 4.57. The Hall–Kier alpha value is -0.990. The van der Waals surface area contributed by atoms with Gasteiger partial charge >= 0.3 is 0 Å². The second kappa shape index (κ2) is 4.60. The molecule has 2 heteroatoms. The Morgan fingerprint density at radius 2 is 1.89 bits per heavy atom. The molecule has 18 heavy (non-hydrogen) atoms. The highest BCUT2D eigenvalue weighted by Gasteiger charge is 2.28. The molecule has 3 rings (SSSR count). The van der Waals surface area contributed by atoms with E-state index in [4.69, 9.17) is 0 Å². The van der Waals surface area contributed by atoms with Crippen LogP contribution in [0, 0.1) is 0 Å². The van der Waals surface area contributed by atoms with Crippen molar-refractivity contribution in [2.75, 3.05) is 11.5 Å². The summed E-state index contributed by atoms with van der Waals surface area (Å²) >= 11 is 2.05. The summed E-state index contributed by atoms with van der Waals surface area (Å²) in [5, 5.41) is 6.41. The molecule has 0 amide bonds. The molecule has 1 heterocycles. The summed E-state index contributed by atoms with van der Waals surface area (Å²) < 4.78 is 0. The summed E-state index contributed by atoms with van der Waals surface area (Å²) in [5.74, 6) is 2.36. The Morgan fingerprint density at radius 3 is 2.67 bits per heavy atom. The van der Waals surface area contributed by atoms with Crippen LogP contribution in [0.3, 0.4) is 0 Å². The largest absolute Gasteiger partial charge is 0.303 e. The van der Waals surface area contributed by atoms with Crippen molar-refractivity contribution in [3.8, 4) is 0 Å². The molecular formula is C16H19NS. The van der Waals surface area contributed by atoms with Gasteiger partial charge in [0.15, 0.2) is 0 Å². The molecular weight excluding hydrogens is 238 g/mol. The Bertz CT molecular complexity index is 562. The maximum atomic E-state index is 3.75. The van der Waals surface area contributed by atoms with Crippen LogP contribution >= 0.6 is 11.8 Å². The van der Waals surface area contributed by atoms with Crippen molar-refractivity contribution in [3.63, 3.8) is 0 Å². The fourth-order valence-corrected chi connectivity index (χ4v) is 3.81. The molecule has 0 radical (unpaired) electrons. The summed E-state index contributed by atoms with van der Waals surface area (Å²) in [5.41, 5.74) is 1.65. The van der Waals surface area contributed by atoms with Crippen LogP contribution in [0.1, 0.15) is 25.5 Å². The SMILES string of the molecule is CC1(C)CSCC(c2ccc3ccccc3c2)N1. The monoisotopic (exact) mass is 257 g/mol.